The van der Waals surface area contributed by atoms with Crippen LogP contribution < -0.4 is 0 Å². The van der Waals surface area contributed by atoms with Crippen LogP contribution in [0.1, 0.15) is 31.7 Å². The third-order valence-corrected chi connectivity index (χ3v) is 7.88. The Morgan fingerprint density at radius 1 is 1.03 bits per heavy atom. The lowest BCUT2D eigenvalue weighted by atomic mass is 9.60. The van der Waals surface area contributed by atoms with Gasteiger partial charge in [0, 0.05) is 52.2 Å². The first-order chi connectivity index (χ1) is 17.2. The quantitative estimate of drug-likeness (QED) is 0.607. The number of benzene rings is 1. The number of carboxylic acids is 1. The maximum absolute atomic E-state index is 13.5. The average Bonchev–Trinajstić information content (AvgIpc) is 3.33. The van der Waals surface area contributed by atoms with Crippen molar-refractivity contribution < 1.29 is 37.1 Å². The second kappa shape index (κ2) is 10.8. The normalized spacial score (nSPS) is 23.4. The molecule has 206 valence electrons. The van der Waals surface area contributed by atoms with Crippen LogP contribution in [0.25, 0.3) is 0 Å². The number of amides is 3. The average molecular weight is 531 g/mol. The zero-order valence-corrected chi connectivity index (χ0v) is 21.4. The maximum Gasteiger partial charge on any atom is 0.490 e. The van der Waals surface area contributed by atoms with Crippen molar-refractivity contribution in [3.8, 4) is 0 Å². The van der Waals surface area contributed by atoms with Crippen molar-refractivity contribution in [2.24, 2.45) is 10.8 Å². The lowest BCUT2D eigenvalue weighted by Crippen LogP contribution is -2.52. The summed E-state index contributed by atoms with van der Waals surface area (Å²) in [4.78, 5) is 43.1. The van der Waals surface area contributed by atoms with Gasteiger partial charge in [0.15, 0.2) is 0 Å². The zero-order valence-electron chi connectivity index (χ0n) is 21.4. The number of hydrogen-bond donors (Lipinski definition) is 1. The smallest absolute Gasteiger partial charge is 0.475 e. The van der Waals surface area contributed by atoms with Gasteiger partial charge in [0.25, 0.3) is 0 Å². The minimum absolute atomic E-state index is 0.00254. The van der Waals surface area contributed by atoms with Crippen molar-refractivity contribution in [2.75, 3.05) is 53.4 Å². The van der Waals surface area contributed by atoms with Gasteiger partial charge in [0.1, 0.15) is 5.82 Å². The molecule has 3 amide bonds. The Labute approximate surface area is 213 Å². The minimum atomic E-state index is -5.08. The fraction of sp³-hybridized carbons (Fsp3) is 0.640. The number of likely N-dealkylation sites (tertiary alicyclic amines) is 3. The number of carbonyl (C=O) groups is 3. The van der Waals surface area contributed by atoms with Crippen molar-refractivity contribution in [3.05, 3.63) is 35.6 Å². The summed E-state index contributed by atoms with van der Waals surface area (Å²) in [6, 6.07) is 6.70. The second-order valence-corrected chi connectivity index (χ2v) is 10.2. The molecule has 1 atom stereocenters. The molecule has 1 N–H and O–H groups in total. The standard InChI is InChI=1S/C23H33FN4O2.C2HF3O2/c1-4-27-14-11-23(20(27)29)17-28(21(30)25(2)3)16-22(23)9-12-26(13-10-22)15-18-5-7-19(24)8-6-18;3-2(4,5)1(6)7/h5-8H,4,9-17H2,1-3H3;(H,6,7). The van der Waals surface area contributed by atoms with Crippen molar-refractivity contribution in [3.63, 3.8) is 0 Å². The summed E-state index contributed by atoms with van der Waals surface area (Å²) >= 11 is 0. The van der Waals surface area contributed by atoms with Gasteiger partial charge in [0.2, 0.25) is 5.91 Å². The lowest BCUT2D eigenvalue weighted by molar-refractivity contribution is -0.192. The molecule has 3 fully saturated rings. The number of carbonyl (C=O) groups excluding carboxylic acids is 2. The number of aliphatic carboxylic acids is 1. The second-order valence-electron chi connectivity index (χ2n) is 10.2. The van der Waals surface area contributed by atoms with E-state index in [-0.39, 0.29) is 23.2 Å². The van der Waals surface area contributed by atoms with Crippen LogP contribution in [0.3, 0.4) is 0 Å². The van der Waals surface area contributed by atoms with Crippen molar-refractivity contribution in [1.29, 1.82) is 0 Å². The highest BCUT2D eigenvalue weighted by Gasteiger charge is 2.65. The van der Waals surface area contributed by atoms with Crippen LogP contribution in [-0.4, -0.2) is 102 Å². The van der Waals surface area contributed by atoms with E-state index in [2.05, 4.69) is 4.90 Å². The van der Waals surface area contributed by atoms with Crippen LogP contribution >= 0.6 is 0 Å². The Hall–Kier alpha value is -2.89. The predicted molar refractivity (Wildman–Crippen MR) is 127 cm³/mol. The third kappa shape index (κ3) is 5.83. The number of fused-ring (bicyclic) bond motifs is 1. The summed E-state index contributed by atoms with van der Waals surface area (Å²) in [5, 5.41) is 7.12. The fourth-order valence-corrected chi connectivity index (χ4v) is 5.89. The molecule has 0 saturated carbocycles. The molecule has 0 bridgehead atoms. The van der Waals surface area contributed by atoms with Gasteiger partial charge >= 0.3 is 18.2 Å². The predicted octanol–water partition coefficient (Wildman–Crippen LogP) is 3.28. The lowest BCUT2D eigenvalue weighted by Gasteiger charge is -2.46. The maximum atomic E-state index is 13.5. The van der Waals surface area contributed by atoms with E-state index < -0.39 is 17.6 Å². The number of nitrogens with zero attached hydrogens (tertiary/aromatic N) is 4. The van der Waals surface area contributed by atoms with Crippen molar-refractivity contribution >= 4 is 17.9 Å². The summed E-state index contributed by atoms with van der Waals surface area (Å²) < 4.78 is 44.9. The van der Waals surface area contributed by atoms with E-state index in [9.17, 15) is 27.2 Å². The molecule has 12 heteroatoms. The van der Waals surface area contributed by atoms with Crippen LogP contribution in [0.2, 0.25) is 0 Å². The molecule has 1 aromatic carbocycles. The minimum Gasteiger partial charge on any atom is -0.475 e. The molecule has 1 aromatic rings. The molecule has 3 aliphatic heterocycles. The highest BCUT2D eigenvalue weighted by atomic mass is 19.4. The van der Waals surface area contributed by atoms with E-state index in [0.29, 0.717) is 13.1 Å². The molecule has 3 aliphatic rings. The topological polar surface area (TPSA) is 84.4 Å². The van der Waals surface area contributed by atoms with E-state index in [1.807, 2.05) is 28.9 Å². The Morgan fingerprint density at radius 3 is 2.05 bits per heavy atom. The Kier molecular flexibility index (Phi) is 8.40. The Morgan fingerprint density at radius 2 is 1.59 bits per heavy atom. The summed E-state index contributed by atoms with van der Waals surface area (Å²) in [7, 11) is 3.56. The Bertz CT molecular complexity index is 993. The van der Waals surface area contributed by atoms with Crippen LogP contribution in [-0.2, 0) is 16.1 Å². The number of carboxylic acid groups (broad SMARTS) is 1. The molecular formula is C25H34F4N4O4. The summed E-state index contributed by atoms with van der Waals surface area (Å²) in [5.74, 6) is -2.73. The van der Waals surface area contributed by atoms with E-state index in [0.717, 1.165) is 57.5 Å². The largest absolute Gasteiger partial charge is 0.490 e. The Balaban J connectivity index is 0.000000479. The van der Waals surface area contributed by atoms with Gasteiger partial charge < -0.3 is 19.8 Å². The van der Waals surface area contributed by atoms with Gasteiger partial charge in [0.05, 0.1) is 5.41 Å². The first-order valence-electron chi connectivity index (χ1n) is 12.3. The monoisotopic (exact) mass is 530 g/mol. The number of hydrogen-bond acceptors (Lipinski definition) is 4. The van der Waals surface area contributed by atoms with Crippen LogP contribution in [0.5, 0.6) is 0 Å². The van der Waals surface area contributed by atoms with E-state index >= 15 is 0 Å². The third-order valence-electron chi connectivity index (χ3n) is 7.88. The number of rotatable bonds is 3. The first kappa shape index (κ1) is 28.7. The summed E-state index contributed by atoms with van der Waals surface area (Å²) in [5.41, 5.74) is 0.502. The van der Waals surface area contributed by atoms with Crippen molar-refractivity contribution in [2.45, 2.75) is 38.9 Å². The summed E-state index contributed by atoms with van der Waals surface area (Å²) in [6.07, 6.45) is -2.42. The van der Waals surface area contributed by atoms with Gasteiger partial charge in [-0.05, 0) is 57.0 Å². The molecule has 2 spiro atoms. The first-order valence-corrected chi connectivity index (χ1v) is 12.3. The van der Waals surface area contributed by atoms with Gasteiger partial charge in [-0.25, -0.2) is 14.0 Å². The number of urea groups is 1. The van der Waals surface area contributed by atoms with Gasteiger partial charge in [-0.2, -0.15) is 13.2 Å². The number of halogens is 4. The molecule has 0 aromatic heterocycles. The number of piperidine rings is 1. The SMILES string of the molecule is CCN1CCC2(CN(C(=O)N(C)C)CC23CCN(Cc2ccc(F)cc2)CC3)C1=O.O=C(O)C(F)(F)F. The summed E-state index contributed by atoms with van der Waals surface area (Å²) in [6.45, 7) is 7.33. The molecule has 1 unspecified atom stereocenters. The molecule has 37 heavy (non-hydrogen) atoms. The van der Waals surface area contributed by atoms with E-state index in [1.54, 1.807) is 19.0 Å². The number of alkyl halides is 3. The van der Waals surface area contributed by atoms with Gasteiger partial charge in [-0.15, -0.1) is 0 Å². The van der Waals surface area contributed by atoms with E-state index in [4.69, 9.17) is 9.90 Å². The molecule has 0 aliphatic carbocycles. The molecule has 8 nitrogen and oxygen atoms in total. The molecule has 3 saturated heterocycles. The zero-order chi connectivity index (χ0) is 27.6. The molecular weight excluding hydrogens is 496 g/mol. The fourth-order valence-electron chi connectivity index (χ4n) is 5.89. The highest BCUT2D eigenvalue weighted by molar-refractivity contribution is 5.88. The van der Waals surface area contributed by atoms with Crippen LogP contribution in [0, 0.1) is 16.6 Å². The molecule has 3 heterocycles. The molecule has 4 rings (SSSR count). The van der Waals surface area contributed by atoms with Gasteiger partial charge in [-0.1, -0.05) is 12.1 Å². The van der Waals surface area contributed by atoms with Crippen LogP contribution in [0.4, 0.5) is 22.4 Å². The molecule has 0 radical (unpaired) electrons. The van der Waals surface area contributed by atoms with E-state index in [1.165, 1.54) is 12.1 Å². The van der Waals surface area contributed by atoms with Gasteiger partial charge in [-0.3, -0.25) is 9.69 Å². The highest BCUT2D eigenvalue weighted by Crippen LogP contribution is 2.58. The van der Waals surface area contributed by atoms with Crippen LogP contribution in [0.15, 0.2) is 24.3 Å². The van der Waals surface area contributed by atoms with Crippen molar-refractivity contribution in [1.82, 2.24) is 19.6 Å².